The third-order valence-electron chi connectivity index (χ3n) is 5.75. The molecule has 0 radical (unpaired) electrons. The van der Waals surface area contributed by atoms with Crippen LogP contribution in [0, 0.1) is 5.82 Å². The maximum Gasteiger partial charge on any atom is 0.256 e. The Labute approximate surface area is 176 Å². The van der Waals surface area contributed by atoms with Crippen LogP contribution in [0.5, 0.6) is 0 Å². The van der Waals surface area contributed by atoms with Gasteiger partial charge in [-0.2, -0.15) is 0 Å². The van der Waals surface area contributed by atoms with Crippen molar-refractivity contribution < 1.29 is 14.0 Å². The normalized spacial score (nSPS) is 17.2. The predicted octanol–water partition coefficient (Wildman–Crippen LogP) is 2.82. The summed E-state index contributed by atoms with van der Waals surface area (Å²) in [7, 11) is 0. The first-order valence-corrected chi connectivity index (χ1v) is 10.5. The van der Waals surface area contributed by atoms with E-state index in [1.165, 1.54) is 30.7 Å². The molecule has 0 unspecified atom stereocenters. The highest BCUT2D eigenvalue weighted by molar-refractivity contribution is 5.94. The number of carbonyl (C=O) groups is 2. The Hall–Kier alpha value is -2.93. The number of amides is 2. The van der Waals surface area contributed by atoms with Crippen LogP contribution >= 0.6 is 0 Å². The van der Waals surface area contributed by atoms with Crippen molar-refractivity contribution in [2.45, 2.75) is 12.8 Å². The summed E-state index contributed by atoms with van der Waals surface area (Å²) in [5.41, 5.74) is 2.08. The van der Waals surface area contributed by atoms with Gasteiger partial charge in [0.15, 0.2) is 0 Å². The maximum atomic E-state index is 13.8. The van der Waals surface area contributed by atoms with Gasteiger partial charge in [-0.25, -0.2) is 4.39 Å². The zero-order valence-corrected chi connectivity index (χ0v) is 17.0. The van der Waals surface area contributed by atoms with Crippen LogP contribution in [0.3, 0.4) is 0 Å². The molecular formula is C23H27FN4O2. The van der Waals surface area contributed by atoms with Crippen LogP contribution in [0.2, 0.25) is 0 Å². The van der Waals surface area contributed by atoms with E-state index in [0.29, 0.717) is 26.2 Å². The van der Waals surface area contributed by atoms with Gasteiger partial charge in [-0.1, -0.05) is 12.1 Å². The molecule has 2 heterocycles. The first kappa shape index (κ1) is 20.3. The molecule has 0 aromatic heterocycles. The number of carbonyl (C=O) groups excluding carboxylic acids is 2. The molecule has 0 saturated carbocycles. The maximum absolute atomic E-state index is 13.8. The average molecular weight is 410 g/mol. The third-order valence-corrected chi connectivity index (χ3v) is 5.75. The van der Waals surface area contributed by atoms with Crippen LogP contribution in [0.4, 0.5) is 15.8 Å². The molecule has 30 heavy (non-hydrogen) atoms. The predicted molar refractivity (Wildman–Crippen MR) is 115 cm³/mol. The van der Waals surface area contributed by atoms with E-state index in [1.807, 2.05) is 29.2 Å². The Morgan fingerprint density at radius 3 is 2.20 bits per heavy atom. The van der Waals surface area contributed by atoms with Crippen molar-refractivity contribution in [3.63, 3.8) is 0 Å². The first-order valence-electron chi connectivity index (χ1n) is 10.5. The number of anilines is 2. The standard InChI is InChI=1S/C23H27FN4O2/c24-21-6-2-1-5-20(21)23(30)28-15-13-26(14-16-28)17-22(29)25-18-7-9-19(10-8-18)27-11-3-4-12-27/h1-2,5-10H,3-4,11-17H2,(H,25,29). The van der Waals surface area contributed by atoms with Crippen LogP contribution in [0.1, 0.15) is 23.2 Å². The van der Waals surface area contributed by atoms with Crippen molar-refractivity contribution in [2.75, 3.05) is 56.0 Å². The van der Waals surface area contributed by atoms with Gasteiger partial charge >= 0.3 is 0 Å². The van der Waals surface area contributed by atoms with Crippen molar-refractivity contribution in [3.8, 4) is 0 Å². The Kier molecular flexibility index (Phi) is 6.28. The van der Waals surface area contributed by atoms with Crippen molar-refractivity contribution in [2.24, 2.45) is 0 Å². The van der Waals surface area contributed by atoms with E-state index in [1.54, 1.807) is 17.0 Å². The second kappa shape index (κ2) is 9.26. The topological polar surface area (TPSA) is 55.9 Å². The van der Waals surface area contributed by atoms with Gasteiger partial charge in [-0.15, -0.1) is 0 Å². The minimum absolute atomic E-state index is 0.0715. The minimum Gasteiger partial charge on any atom is -0.372 e. The SMILES string of the molecule is O=C(CN1CCN(C(=O)c2ccccc2F)CC1)Nc1ccc(N2CCCC2)cc1. The van der Waals surface area contributed by atoms with Gasteiger partial charge in [0.1, 0.15) is 5.82 Å². The summed E-state index contributed by atoms with van der Waals surface area (Å²) in [6.07, 6.45) is 2.47. The highest BCUT2D eigenvalue weighted by Crippen LogP contribution is 2.22. The lowest BCUT2D eigenvalue weighted by atomic mass is 10.1. The zero-order chi connectivity index (χ0) is 20.9. The summed E-state index contributed by atoms with van der Waals surface area (Å²) in [5.74, 6) is -0.867. The Morgan fingerprint density at radius 2 is 1.53 bits per heavy atom. The number of piperazine rings is 1. The Balaban J connectivity index is 1.24. The molecule has 0 bridgehead atoms. The summed E-state index contributed by atoms with van der Waals surface area (Å²) in [5, 5.41) is 2.95. The molecule has 6 nitrogen and oxygen atoms in total. The van der Waals surface area contributed by atoms with Gasteiger partial charge in [0, 0.05) is 50.6 Å². The van der Waals surface area contributed by atoms with Crippen molar-refractivity contribution >= 4 is 23.2 Å². The fourth-order valence-corrected chi connectivity index (χ4v) is 4.05. The summed E-state index contributed by atoms with van der Waals surface area (Å²) < 4.78 is 13.8. The molecule has 2 aliphatic heterocycles. The van der Waals surface area contributed by atoms with Gasteiger partial charge in [-0.3, -0.25) is 14.5 Å². The number of nitrogens with one attached hydrogen (secondary N) is 1. The summed E-state index contributed by atoms with van der Waals surface area (Å²) in [6.45, 7) is 4.59. The lowest BCUT2D eigenvalue weighted by molar-refractivity contribution is -0.117. The van der Waals surface area contributed by atoms with Gasteiger partial charge in [-0.05, 0) is 49.2 Å². The highest BCUT2D eigenvalue weighted by Gasteiger charge is 2.24. The van der Waals surface area contributed by atoms with Gasteiger partial charge in [0.2, 0.25) is 5.91 Å². The smallest absolute Gasteiger partial charge is 0.256 e. The minimum atomic E-state index is -0.500. The molecular weight excluding hydrogens is 383 g/mol. The van der Waals surface area contributed by atoms with E-state index in [4.69, 9.17) is 0 Å². The number of halogens is 1. The molecule has 4 rings (SSSR count). The van der Waals surface area contributed by atoms with E-state index < -0.39 is 5.82 Å². The van der Waals surface area contributed by atoms with Gasteiger partial charge in [0.25, 0.3) is 5.91 Å². The largest absolute Gasteiger partial charge is 0.372 e. The number of rotatable bonds is 5. The molecule has 2 aliphatic rings. The number of nitrogens with zero attached hydrogens (tertiary/aromatic N) is 3. The molecule has 7 heteroatoms. The molecule has 2 aromatic carbocycles. The van der Waals surface area contributed by atoms with Crippen molar-refractivity contribution in [1.29, 1.82) is 0 Å². The first-order chi connectivity index (χ1) is 14.6. The van der Waals surface area contributed by atoms with Crippen LogP contribution in [0.15, 0.2) is 48.5 Å². The van der Waals surface area contributed by atoms with E-state index in [-0.39, 0.29) is 23.9 Å². The van der Waals surface area contributed by atoms with Crippen molar-refractivity contribution in [3.05, 3.63) is 59.9 Å². The zero-order valence-electron chi connectivity index (χ0n) is 17.0. The molecule has 2 aromatic rings. The second-order valence-corrected chi connectivity index (χ2v) is 7.84. The molecule has 2 fully saturated rings. The fraction of sp³-hybridized carbons (Fsp3) is 0.391. The van der Waals surface area contributed by atoms with E-state index in [9.17, 15) is 14.0 Å². The number of hydrogen-bond donors (Lipinski definition) is 1. The highest BCUT2D eigenvalue weighted by atomic mass is 19.1. The van der Waals surface area contributed by atoms with Crippen LogP contribution in [-0.2, 0) is 4.79 Å². The van der Waals surface area contributed by atoms with Crippen LogP contribution in [0.25, 0.3) is 0 Å². The quantitative estimate of drug-likeness (QED) is 0.824. The summed E-state index contributed by atoms with van der Waals surface area (Å²) >= 11 is 0. The van der Waals surface area contributed by atoms with E-state index >= 15 is 0 Å². The molecule has 158 valence electrons. The van der Waals surface area contributed by atoms with Crippen LogP contribution < -0.4 is 10.2 Å². The molecule has 2 saturated heterocycles. The monoisotopic (exact) mass is 410 g/mol. The lowest BCUT2D eigenvalue weighted by Gasteiger charge is -2.34. The van der Waals surface area contributed by atoms with E-state index in [2.05, 4.69) is 10.2 Å². The fourth-order valence-electron chi connectivity index (χ4n) is 4.05. The van der Waals surface area contributed by atoms with Crippen LogP contribution in [-0.4, -0.2) is 67.4 Å². The molecule has 2 amide bonds. The van der Waals surface area contributed by atoms with E-state index in [0.717, 1.165) is 18.8 Å². The number of benzene rings is 2. The van der Waals surface area contributed by atoms with Gasteiger partial charge in [0.05, 0.1) is 12.1 Å². The second-order valence-electron chi connectivity index (χ2n) is 7.84. The average Bonchev–Trinajstić information content (AvgIpc) is 3.30. The number of hydrogen-bond acceptors (Lipinski definition) is 4. The summed E-state index contributed by atoms with van der Waals surface area (Å²) in [6, 6.07) is 14.0. The Bertz CT molecular complexity index is 888. The summed E-state index contributed by atoms with van der Waals surface area (Å²) in [4.78, 5) is 30.9. The van der Waals surface area contributed by atoms with Gasteiger partial charge < -0.3 is 15.1 Å². The lowest BCUT2D eigenvalue weighted by Crippen LogP contribution is -2.50. The molecule has 1 N–H and O–H groups in total. The molecule has 0 atom stereocenters. The third kappa shape index (κ3) is 4.79. The molecule has 0 aliphatic carbocycles. The molecule has 0 spiro atoms. The van der Waals surface area contributed by atoms with Crippen molar-refractivity contribution in [1.82, 2.24) is 9.80 Å². The Morgan fingerprint density at radius 1 is 0.867 bits per heavy atom.